The summed E-state index contributed by atoms with van der Waals surface area (Å²) in [7, 11) is -1.36. The molecule has 1 amide bonds. The lowest BCUT2D eigenvalue weighted by molar-refractivity contribution is -0.130. The van der Waals surface area contributed by atoms with Crippen LogP contribution in [0.15, 0.2) is 9.95 Å². The quantitative estimate of drug-likeness (QED) is 0.464. The van der Waals surface area contributed by atoms with E-state index in [0.29, 0.717) is 18.1 Å². The molecule has 1 fully saturated rings. The van der Waals surface area contributed by atoms with Crippen molar-refractivity contribution in [3.63, 3.8) is 0 Å². The monoisotopic (exact) mass is 483 g/mol. The van der Waals surface area contributed by atoms with Gasteiger partial charge in [-0.15, -0.1) is 11.3 Å². The molecule has 3 heterocycles. The number of nitrogens with zero attached hydrogens (tertiary/aromatic N) is 3. The van der Waals surface area contributed by atoms with Crippen LogP contribution in [-0.2, 0) is 34.5 Å². The third-order valence-corrected chi connectivity index (χ3v) is 9.96. The van der Waals surface area contributed by atoms with E-state index in [1.807, 2.05) is 13.8 Å². The predicted octanol–water partition coefficient (Wildman–Crippen LogP) is 2.64. The molecule has 0 saturated carbocycles. The number of thioether (sulfide) groups is 1. The number of sulfone groups is 1. The summed E-state index contributed by atoms with van der Waals surface area (Å²) >= 11 is 2.87. The van der Waals surface area contributed by atoms with Crippen molar-refractivity contribution in [3.05, 3.63) is 20.8 Å². The summed E-state index contributed by atoms with van der Waals surface area (Å²) in [6.07, 6.45) is 4.70. The summed E-state index contributed by atoms with van der Waals surface area (Å²) in [5.74, 6) is 0.469. The van der Waals surface area contributed by atoms with Gasteiger partial charge >= 0.3 is 0 Å². The summed E-state index contributed by atoms with van der Waals surface area (Å²) in [4.78, 5) is 34.6. The van der Waals surface area contributed by atoms with Gasteiger partial charge in [0.2, 0.25) is 5.91 Å². The molecule has 4 rings (SSSR count). The average molecular weight is 484 g/mol. The van der Waals surface area contributed by atoms with Crippen molar-refractivity contribution in [2.75, 3.05) is 23.8 Å². The number of thiophene rings is 1. The summed E-state index contributed by atoms with van der Waals surface area (Å²) in [6, 6.07) is -0.260. The van der Waals surface area contributed by atoms with Gasteiger partial charge in [0, 0.05) is 24.5 Å². The fourth-order valence-electron chi connectivity index (χ4n) is 4.47. The predicted molar refractivity (Wildman–Crippen MR) is 126 cm³/mol. The molecule has 2 aromatic rings. The first-order valence-corrected chi connectivity index (χ1v) is 14.4. The standard InChI is InChI=1S/C21H29N3O4S3/c1-13(2)10-24(14-8-9-31(27,28)12-14)17(25)11-29-21-22-19-18(20(26)23(21)3)15-6-4-5-7-16(15)30-19/h13-14H,4-12H2,1-3H3. The number of fused-ring (bicyclic) bond motifs is 3. The molecule has 1 atom stereocenters. The zero-order valence-electron chi connectivity index (χ0n) is 18.2. The lowest BCUT2D eigenvalue weighted by Crippen LogP contribution is -2.44. The minimum Gasteiger partial charge on any atom is -0.338 e. The van der Waals surface area contributed by atoms with Crippen molar-refractivity contribution in [1.82, 2.24) is 14.5 Å². The second kappa shape index (κ2) is 8.86. The molecule has 10 heteroatoms. The van der Waals surface area contributed by atoms with E-state index in [-0.39, 0.29) is 40.7 Å². The number of rotatable bonds is 6. The molecule has 0 radical (unpaired) electrons. The second-order valence-corrected chi connectivity index (χ2v) is 13.2. The molecule has 31 heavy (non-hydrogen) atoms. The van der Waals surface area contributed by atoms with E-state index >= 15 is 0 Å². The van der Waals surface area contributed by atoms with Crippen molar-refractivity contribution in [1.29, 1.82) is 0 Å². The third kappa shape index (κ3) is 4.71. The van der Waals surface area contributed by atoms with Gasteiger partial charge in [0.1, 0.15) is 4.83 Å². The summed E-state index contributed by atoms with van der Waals surface area (Å²) in [5, 5.41) is 1.28. The average Bonchev–Trinajstić information content (AvgIpc) is 3.26. The van der Waals surface area contributed by atoms with Crippen LogP contribution >= 0.6 is 23.1 Å². The maximum absolute atomic E-state index is 13.1. The Hall–Kier alpha value is -1.39. The molecular formula is C21H29N3O4S3. The SMILES string of the molecule is CC(C)CN(C(=O)CSc1nc2sc3c(c2c(=O)n1C)CCCC3)C1CCS(=O)(=O)C1. The highest BCUT2D eigenvalue weighted by atomic mass is 32.2. The Balaban J connectivity index is 1.55. The van der Waals surface area contributed by atoms with Gasteiger partial charge in [-0.25, -0.2) is 13.4 Å². The molecule has 0 bridgehead atoms. The number of carbonyl (C=O) groups excluding carboxylic acids is 1. The normalized spacial score (nSPS) is 20.3. The molecule has 170 valence electrons. The summed E-state index contributed by atoms with van der Waals surface area (Å²) < 4.78 is 25.4. The van der Waals surface area contributed by atoms with E-state index in [1.165, 1.54) is 16.6 Å². The molecule has 0 spiro atoms. The van der Waals surface area contributed by atoms with Gasteiger partial charge in [-0.05, 0) is 43.6 Å². The molecule has 0 aromatic carbocycles. The Morgan fingerprint density at radius 2 is 2.06 bits per heavy atom. The highest BCUT2D eigenvalue weighted by molar-refractivity contribution is 7.99. The number of amides is 1. The van der Waals surface area contributed by atoms with Crippen LogP contribution in [0.3, 0.4) is 0 Å². The van der Waals surface area contributed by atoms with Crippen molar-refractivity contribution >= 4 is 49.1 Å². The molecular weight excluding hydrogens is 454 g/mol. The van der Waals surface area contributed by atoms with Crippen molar-refractivity contribution in [3.8, 4) is 0 Å². The maximum Gasteiger partial charge on any atom is 0.262 e. The summed E-state index contributed by atoms with van der Waals surface area (Å²) in [5.41, 5.74) is 1.12. The zero-order chi connectivity index (χ0) is 22.3. The van der Waals surface area contributed by atoms with Gasteiger partial charge in [-0.1, -0.05) is 25.6 Å². The minimum absolute atomic E-state index is 0.0412. The van der Waals surface area contributed by atoms with Crippen LogP contribution in [0.1, 0.15) is 43.6 Å². The van der Waals surface area contributed by atoms with Crippen molar-refractivity contribution in [2.45, 2.75) is 57.1 Å². The lowest BCUT2D eigenvalue weighted by Gasteiger charge is -2.30. The first kappa shape index (κ1) is 22.8. The molecule has 2 aromatic heterocycles. The van der Waals surface area contributed by atoms with Gasteiger partial charge in [-0.2, -0.15) is 0 Å². The smallest absolute Gasteiger partial charge is 0.262 e. The van der Waals surface area contributed by atoms with Crippen LogP contribution in [0.5, 0.6) is 0 Å². The number of aromatic nitrogens is 2. The van der Waals surface area contributed by atoms with Crippen LogP contribution in [0.25, 0.3) is 10.2 Å². The Kier molecular flexibility index (Phi) is 6.52. The third-order valence-electron chi connectivity index (χ3n) is 6.01. The Morgan fingerprint density at radius 1 is 1.32 bits per heavy atom. The van der Waals surface area contributed by atoms with Crippen LogP contribution in [0.2, 0.25) is 0 Å². The van der Waals surface area contributed by atoms with E-state index < -0.39 is 9.84 Å². The molecule has 1 aliphatic carbocycles. The van der Waals surface area contributed by atoms with Gasteiger partial charge < -0.3 is 4.90 Å². The van der Waals surface area contributed by atoms with E-state index in [1.54, 1.807) is 27.9 Å². The molecule has 1 unspecified atom stereocenters. The Labute approximate surface area is 191 Å². The number of hydrogen-bond acceptors (Lipinski definition) is 7. The molecule has 7 nitrogen and oxygen atoms in total. The number of carbonyl (C=O) groups is 1. The van der Waals surface area contributed by atoms with Gasteiger partial charge in [0.05, 0.1) is 22.6 Å². The highest BCUT2D eigenvalue weighted by Crippen LogP contribution is 2.34. The molecule has 1 saturated heterocycles. The van der Waals surface area contributed by atoms with Gasteiger partial charge in [0.15, 0.2) is 15.0 Å². The topological polar surface area (TPSA) is 89.3 Å². The molecule has 2 aliphatic rings. The van der Waals surface area contributed by atoms with Gasteiger partial charge in [0.25, 0.3) is 5.56 Å². The van der Waals surface area contributed by atoms with E-state index in [4.69, 9.17) is 4.98 Å². The largest absolute Gasteiger partial charge is 0.338 e. The second-order valence-electron chi connectivity index (χ2n) is 8.94. The highest BCUT2D eigenvalue weighted by Gasteiger charge is 2.35. The van der Waals surface area contributed by atoms with Crippen molar-refractivity contribution < 1.29 is 13.2 Å². The maximum atomic E-state index is 13.1. The van der Waals surface area contributed by atoms with E-state index in [0.717, 1.165) is 41.5 Å². The number of hydrogen-bond donors (Lipinski definition) is 0. The van der Waals surface area contributed by atoms with Crippen molar-refractivity contribution in [2.24, 2.45) is 13.0 Å². The molecule has 1 aliphatic heterocycles. The lowest BCUT2D eigenvalue weighted by atomic mass is 9.97. The fraction of sp³-hybridized carbons (Fsp3) is 0.667. The number of aryl methyl sites for hydroxylation is 2. The Morgan fingerprint density at radius 3 is 2.74 bits per heavy atom. The summed E-state index contributed by atoms with van der Waals surface area (Å²) in [6.45, 7) is 4.58. The minimum atomic E-state index is -3.07. The van der Waals surface area contributed by atoms with E-state index in [9.17, 15) is 18.0 Å². The first-order valence-electron chi connectivity index (χ1n) is 10.8. The fourth-order valence-corrected chi connectivity index (χ4v) is 8.37. The molecule has 0 N–H and O–H groups in total. The van der Waals surface area contributed by atoms with Crippen LogP contribution in [0, 0.1) is 5.92 Å². The van der Waals surface area contributed by atoms with Crippen LogP contribution < -0.4 is 5.56 Å². The van der Waals surface area contributed by atoms with Crippen LogP contribution in [-0.4, -0.2) is 58.6 Å². The van der Waals surface area contributed by atoms with E-state index in [2.05, 4.69) is 0 Å². The first-order chi connectivity index (χ1) is 14.7. The van der Waals surface area contributed by atoms with Crippen LogP contribution in [0.4, 0.5) is 0 Å². The zero-order valence-corrected chi connectivity index (χ0v) is 20.7. The van der Waals surface area contributed by atoms with Gasteiger partial charge in [-0.3, -0.25) is 14.2 Å². The Bertz CT molecular complexity index is 1170.